The van der Waals surface area contributed by atoms with E-state index in [9.17, 15) is 4.39 Å². The Labute approximate surface area is 122 Å². The summed E-state index contributed by atoms with van der Waals surface area (Å²) in [5, 5.41) is 0.992. The number of nitrogen functional groups attached to an aromatic ring is 1. The van der Waals surface area contributed by atoms with Gasteiger partial charge in [-0.2, -0.15) is 0 Å². The van der Waals surface area contributed by atoms with E-state index in [1.807, 2.05) is 37.3 Å². The molecule has 0 bridgehead atoms. The lowest BCUT2D eigenvalue weighted by atomic mass is 10.2. The van der Waals surface area contributed by atoms with Crippen LogP contribution in [0.3, 0.4) is 0 Å². The first-order chi connectivity index (χ1) is 10.1. The number of para-hydroxylation sites is 1. The number of anilines is 1. The zero-order valence-corrected chi connectivity index (χ0v) is 11.6. The van der Waals surface area contributed by atoms with Gasteiger partial charge in [-0.05, 0) is 25.1 Å². The van der Waals surface area contributed by atoms with E-state index in [-0.39, 0.29) is 12.3 Å². The Hall–Kier alpha value is -2.62. The average molecular weight is 282 g/mol. The van der Waals surface area contributed by atoms with E-state index in [1.54, 1.807) is 12.1 Å². The summed E-state index contributed by atoms with van der Waals surface area (Å²) in [6, 6.07) is 14.5. The molecule has 0 aliphatic rings. The fraction of sp³-hybridized carbons (Fsp3) is 0.118. The smallest absolute Gasteiger partial charge is 0.152 e. The SMILES string of the molecule is Cc1ccc2cccc(OCc3cccc(N)c3F)c2n1. The predicted octanol–water partition coefficient (Wildman–Crippen LogP) is 3.84. The van der Waals surface area contributed by atoms with E-state index in [1.165, 1.54) is 6.07 Å². The number of aryl methyl sites for hydroxylation is 1. The second-order valence-electron chi connectivity index (χ2n) is 4.89. The summed E-state index contributed by atoms with van der Waals surface area (Å²) in [7, 11) is 0. The van der Waals surface area contributed by atoms with Crippen molar-refractivity contribution in [2.45, 2.75) is 13.5 Å². The monoisotopic (exact) mass is 282 g/mol. The second-order valence-corrected chi connectivity index (χ2v) is 4.89. The predicted molar refractivity (Wildman–Crippen MR) is 81.6 cm³/mol. The van der Waals surface area contributed by atoms with Gasteiger partial charge in [0.1, 0.15) is 17.9 Å². The van der Waals surface area contributed by atoms with Crippen LogP contribution in [0.2, 0.25) is 0 Å². The molecule has 21 heavy (non-hydrogen) atoms. The van der Waals surface area contributed by atoms with Gasteiger partial charge >= 0.3 is 0 Å². The third-order valence-corrected chi connectivity index (χ3v) is 3.31. The summed E-state index contributed by atoms with van der Waals surface area (Å²) >= 11 is 0. The summed E-state index contributed by atoms with van der Waals surface area (Å²) in [6.07, 6.45) is 0. The van der Waals surface area contributed by atoms with Gasteiger partial charge in [0.05, 0.1) is 5.69 Å². The third kappa shape index (κ3) is 2.65. The van der Waals surface area contributed by atoms with E-state index in [0.717, 1.165) is 16.6 Å². The Morgan fingerprint density at radius 1 is 1.10 bits per heavy atom. The molecule has 2 N–H and O–H groups in total. The van der Waals surface area contributed by atoms with Gasteiger partial charge in [-0.1, -0.05) is 30.3 Å². The number of hydrogen-bond acceptors (Lipinski definition) is 3. The van der Waals surface area contributed by atoms with Crippen molar-refractivity contribution in [1.82, 2.24) is 4.98 Å². The zero-order chi connectivity index (χ0) is 14.8. The molecule has 3 rings (SSSR count). The van der Waals surface area contributed by atoms with Crippen LogP contribution >= 0.6 is 0 Å². The lowest BCUT2D eigenvalue weighted by Crippen LogP contribution is -2.02. The lowest BCUT2D eigenvalue weighted by Gasteiger charge is -2.10. The Morgan fingerprint density at radius 3 is 2.76 bits per heavy atom. The Balaban J connectivity index is 1.92. The molecule has 106 valence electrons. The van der Waals surface area contributed by atoms with Gasteiger partial charge in [0, 0.05) is 16.6 Å². The number of nitrogens with two attached hydrogens (primary N) is 1. The summed E-state index contributed by atoms with van der Waals surface area (Å²) in [4.78, 5) is 4.48. The number of aromatic nitrogens is 1. The summed E-state index contributed by atoms with van der Waals surface area (Å²) in [5.41, 5.74) is 7.81. The third-order valence-electron chi connectivity index (χ3n) is 3.31. The maximum Gasteiger partial charge on any atom is 0.152 e. The molecule has 0 aliphatic heterocycles. The molecule has 2 aromatic carbocycles. The van der Waals surface area contributed by atoms with Crippen molar-refractivity contribution in [3.8, 4) is 5.75 Å². The van der Waals surface area contributed by atoms with E-state index < -0.39 is 5.82 Å². The molecule has 4 heteroatoms. The molecule has 0 amide bonds. The highest BCUT2D eigenvalue weighted by atomic mass is 19.1. The number of ether oxygens (including phenoxy) is 1. The summed E-state index contributed by atoms with van der Waals surface area (Å²) in [6.45, 7) is 2.04. The topological polar surface area (TPSA) is 48.1 Å². The molecule has 1 aromatic heterocycles. The largest absolute Gasteiger partial charge is 0.487 e. The first kappa shape index (κ1) is 13.4. The van der Waals surface area contributed by atoms with Gasteiger partial charge in [-0.25, -0.2) is 9.37 Å². The molecule has 3 aromatic rings. The molecule has 0 saturated carbocycles. The standard InChI is InChI=1S/C17H15FN2O/c1-11-8-9-12-4-3-7-15(17(12)20-11)21-10-13-5-2-6-14(19)16(13)18/h2-9H,10,19H2,1H3. The molecule has 0 saturated heterocycles. The van der Waals surface area contributed by atoms with Gasteiger partial charge in [0.2, 0.25) is 0 Å². The molecule has 0 atom stereocenters. The Kier molecular flexibility index (Phi) is 3.44. The van der Waals surface area contributed by atoms with Crippen molar-refractivity contribution in [2.75, 3.05) is 5.73 Å². The quantitative estimate of drug-likeness (QED) is 0.742. The molecule has 0 aliphatic carbocycles. The first-order valence-corrected chi connectivity index (χ1v) is 6.67. The fourth-order valence-corrected chi connectivity index (χ4v) is 2.20. The van der Waals surface area contributed by atoms with Crippen molar-refractivity contribution >= 4 is 16.6 Å². The van der Waals surface area contributed by atoms with Crippen LogP contribution in [0.15, 0.2) is 48.5 Å². The summed E-state index contributed by atoms with van der Waals surface area (Å²) in [5.74, 6) is 0.208. The molecule has 1 heterocycles. The van der Waals surface area contributed by atoms with Crippen molar-refractivity contribution in [2.24, 2.45) is 0 Å². The van der Waals surface area contributed by atoms with Gasteiger partial charge in [0.25, 0.3) is 0 Å². The number of benzene rings is 2. The van der Waals surface area contributed by atoms with E-state index >= 15 is 0 Å². The van der Waals surface area contributed by atoms with Crippen LogP contribution in [0.4, 0.5) is 10.1 Å². The fourth-order valence-electron chi connectivity index (χ4n) is 2.20. The number of rotatable bonds is 3. The zero-order valence-electron chi connectivity index (χ0n) is 11.6. The van der Waals surface area contributed by atoms with Gasteiger partial charge < -0.3 is 10.5 Å². The normalized spacial score (nSPS) is 10.8. The molecule has 0 radical (unpaired) electrons. The highest BCUT2D eigenvalue weighted by Gasteiger charge is 2.08. The molecular formula is C17H15FN2O. The lowest BCUT2D eigenvalue weighted by molar-refractivity contribution is 0.303. The van der Waals surface area contributed by atoms with Crippen LogP contribution < -0.4 is 10.5 Å². The van der Waals surface area contributed by atoms with E-state index in [4.69, 9.17) is 10.5 Å². The number of halogens is 1. The minimum atomic E-state index is -0.429. The van der Waals surface area contributed by atoms with Gasteiger partial charge in [-0.3, -0.25) is 0 Å². The maximum absolute atomic E-state index is 13.9. The van der Waals surface area contributed by atoms with Crippen LogP contribution in [0.5, 0.6) is 5.75 Å². The van der Waals surface area contributed by atoms with E-state index in [2.05, 4.69) is 4.98 Å². The minimum absolute atomic E-state index is 0.117. The Bertz CT molecular complexity index is 802. The second kappa shape index (κ2) is 5.40. The molecular weight excluding hydrogens is 267 g/mol. The maximum atomic E-state index is 13.9. The average Bonchev–Trinajstić information content (AvgIpc) is 2.49. The minimum Gasteiger partial charge on any atom is -0.487 e. The highest BCUT2D eigenvalue weighted by Crippen LogP contribution is 2.25. The van der Waals surface area contributed by atoms with Crippen molar-refractivity contribution < 1.29 is 9.13 Å². The van der Waals surface area contributed by atoms with Gasteiger partial charge in [-0.15, -0.1) is 0 Å². The summed E-state index contributed by atoms with van der Waals surface area (Å²) < 4.78 is 19.6. The first-order valence-electron chi connectivity index (χ1n) is 6.67. The number of pyridine rings is 1. The van der Waals surface area contributed by atoms with Crippen LogP contribution in [-0.2, 0) is 6.61 Å². The van der Waals surface area contributed by atoms with Crippen LogP contribution in [0.25, 0.3) is 10.9 Å². The van der Waals surface area contributed by atoms with Crippen LogP contribution in [-0.4, -0.2) is 4.98 Å². The van der Waals surface area contributed by atoms with Crippen molar-refractivity contribution in [3.63, 3.8) is 0 Å². The number of nitrogens with zero attached hydrogens (tertiary/aromatic N) is 1. The Morgan fingerprint density at radius 2 is 1.90 bits per heavy atom. The van der Waals surface area contributed by atoms with E-state index in [0.29, 0.717) is 11.3 Å². The number of hydrogen-bond donors (Lipinski definition) is 1. The van der Waals surface area contributed by atoms with Crippen LogP contribution in [0, 0.1) is 12.7 Å². The molecule has 0 fully saturated rings. The van der Waals surface area contributed by atoms with Crippen LogP contribution in [0.1, 0.15) is 11.3 Å². The van der Waals surface area contributed by atoms with Crippen molar-refractivity contribution in [3.05, 3.63) is 65.6 Å². The molecule has 3 nitrogen and oxygen atoms in total. The molecule has 0 unspecified atom stereocenters. The highest BCUT2D eigenvalue weighted by molar-refractivity contribution is 5.84. The van der Waals surface area contributed by atoms with Gasteiger partial charge in [0.15, 0.2) is 5.82 Å². The molecule has 0 spiro atoms. The number of fused-ring (bicyclic) bond motifs is 1. The van der Waals surface area contributed by atoms with Crippen molar-refractivity contribution in [1.29, 1.82) is 0 Å².